The number of rotatable bonds is 6. The zero-order valence-electron chi connectivity index (χ0n) is 13.0. The third kappa shape index (κ3) is 4.17. The summed E-state index contributed by atoms with van der Waals surface area (Å²) in [6, 6.07) is 5.55. The maximum absolute atomic E-state index is 11.3. The number of hydrogen-bond acceptors (Lipinski definition) is 4. The second-order valence-electron chi connectivity index (χ2n) is 5.89. The Morgan fingerprint density at radius 2 is 2.10 bits per heavy atom. The SMILES string of the molecule is CCCN(CC1CCNCC1)c1ccc(C)cc1[N+](=O)[O-]. The third-order valence-corrected chi connectivity index (χ3v) is 4.10. The maximum Gasteiger partial charge on any atom is 0.292 e. The molecule has 0 unspecified atom stereocenters. The summed E-state index contributed by atoms with van der Waals surface area (Å²) in [7, 11) is 0. The number of piperidine rings is 1. The molecule has 5 nitrogen and oxygen atoms in total. The van der Waals surface area contributed by atoms with Crippen molar-refractivity contribution in [2.24, 2.45) is 5.92 Å². The highest BCUT2D eigenvalue weighted by molar-refractivity contribution is 5.64. The van der Waals surface area contributed by atoms with Gasteiger partial charge in [-0.2, -0.15) is 0 Å². The van der Waals surface area contributed by atoms with Gasteiger partial charge in [-0.1, -0.05) is 13.0 Å². The summed E-state index contributed by atoms with van der Waals surface area (Å²) in [5.41, 5.74) is 1.94. The van der Waals surface area contributed by atoms with Gasteiger partial charge in [-0.15, -0.1) is 0 Å². The summed E-state index contributed by atoms with van der Waals surface area (Å²) in [6.07, 6.45) is 3.30. The van der Waals surface area contributed by atoms with Gasteiger partial charge in [0.2, 0.25) is 0 Å². The van der Waals surface area contributed by atoms with Crippen molar-refractivity contribution in [3.63, 3.8) is 0 Å². The van der Waals surface area contributed by atoms with Crippen molar-refractivity contribution in [2.45, 2.75) is 33.1 Å². The van der Waals surface area contributed by atoms with Gasteiger partial charge in [0.25, 0.3) is 5.69 Å². The topological polar surface area (TPSA) is 58.4 Å². The second kappa shape index (κ2) is 7.41. The molecular weight excluding hydrogens is 266 g/mol. The largest absolute Gasteiger partial charge is 0.366 e. The van der Waals surface area contributed by atoms with Gasteiger partial charge in [-0.05, 0) is 56.8 Å². The predicted octanol–water partition coefficient (Wildman–Crippen LogP) is 3.12. The number of nitrogens with one attached hydrogen (secondary N) is 1. The van der Waals surface area contributed by atoms with E-state index in [9.17, 15) is 10.1 Å². The second-order valence-corrected chi connectivity index (χ2v) is 5.89. The first-order valence-electron chi connectivity index (χ1n) is 7.82. The Labute approximate surface area is 126 Å². The van der Waals surface area contributed by atoms with Crippen LogP contribution in [-0.2, 0) is 0 Å². The highest BCUT2D eigenvalue weighted by atomic mass is 16.6. The predicted molar refractivity (Wildman–Crippen MR) is 85.9 cm³/mol. The lowest BCUT2D eigenvalue weighted by Gasteiger charge is -2.31. The maximum atomic E-state index is 11.3. The van der Waals surface area contributed by atoms with E-state index in [2.05, 4.69) is 17.1 Å². The monoisotopic (exact) mass is 291 g/mol. The molecule has 116 valence electrons. The van der Waals surface area contributed by atoms with E-state index in [4.69, 9.17) is 0 Å². The summed E-state index contributed by atoms with van der Waals surface area (Å²) >= 11 is 0. The Morgan fingerprint density at radius 1 is 1.38 bits per heavy atom. The van der Waals surface area contributed by atoms with Gasteiger partial charge < -0.3 is 10.2 Å². The molecule has 1 aromatic carbocycles. The number of benzene rings is 1. The summed E-state index contributed by atoms with van der Waals surface area (Å²) in [4.78, 5) is 13.3. The molecule has 0 aromatic heterocycles. The molecule has 2 rings (SSSR count). The lowest BCUT2D eigenvalue weighted by molar-refractivity contribution is -0.384. The van der Waals surface area contributed by atoms with E-state index >= 15 is 0 Å². The van der Waals surface area contributed by atoms with Crippen molar-refractivity contribution >= 4 is 11.4 Å². The molecule has 1 heterocycles. The zero-order chi connectivity index (χ0) is 15.2. The molecule has 0 saturated carbocycles. The fourth-order valence-corrected chi connectivity index (χ4v) is 3.00. The van der Waals surface area contributed by atoms with Gasteiger partial charge in [0.15, 0.2) is 0 Å². The molecule has 0 radical (unpaired) electrons. The summed E-state index contributed by atoms with van der Waals surface area (Å²) in [5, 5.41) is 14.7. The van der Waals surface area contributed by atoms with Gasteiger partial charge in [0.05, 0.1) is 4.92 Å². The smallest absolute Gasteiger partial charge is 0.292 e. The molecule has 0 atom stereocenters. The zero-order valence-corrected chi connectivity index (χ0v) is 13.0. The minimum Gasteiger partial charge on any atom is -0.366 e. The van der Waals surface area contributed by atoms with Crippen LogP contribution in [0.3, 0.4) is 0 Å². The molecule has 1 saturated heterocycles. The molecule has 1 N–H and O–H groups in total. The number of anilines is 1. The van der Waals surface area contributed by atoms with Crippen LogP contribution in [0.15, 0.2) is 18.2 Å². The van der Waals surface area contributed by atoms with Crippen molar-refractivity contribution in [3.8, 4) is 0 Å². The number of nitrogens with zero attached hydrogens (tertiary/aromatic N) is 2. The highest BCUT2D eigenvalue weighted by Crippen LogP contribution is 2.30. The molecule has 0 aliphatic carbocycles. The lowest BCUT2D eigenvalue weighted by atomic mass is 9.97. The number of nitro benzene ring substituents is 1. The average Bonchev–Trinajstić information content (AvgIpc) is 2.48. The first-order valence-corrected chi connectivity index (χ1v) is 7.82. The van der Waals surface area contributed by atoms with E-state index in [0.717, 1.165) is 56.7 Å². The van der Waals surface area contributed by atoms with E-state index in [1.807, 2.05) is 19.1 Å². The Bertz CT molecular complexity index is 484. The third-order valence-electron chi connectivity index (χ3n) is 4.10. The molecule has 0 spiro atoms. The summed E-state index contributed by atoms with van der Waals surface area (Å²) < 4.78 is 0. The fourth-order valence-electron chi connectivity index (χ4n) is 3.00. The van der Waals surface area contributed by atoms with Gasteiger partial charge in [-0.25, -0.2) is 0 Å². The van der Waals surface area contributed by atoms with Gasteiger partial charge in [-0.3, -0.25) is 10.1 Å². The number of nitro groups is 1. The van der Waals surface area contributed by atoms with Crippen molar-refractivity contribution in [2.75, 3.05) is 31.1 Å². The van der Waals surface area contributed by atoms with Gasteiger partial charge in [0.1, 0.15) is 5.69 Å². The Hall–Kier alpha value is -1.62. The number of aryl methyl sites for hydroxylation is 1. The van der Waals surface area contributed by atoms with Crippen molar-refractivity contribution in [3.05, 3.63) is 33.9 Å². The van der Waals surface area contributed by atoms with Crippen LogP contribution < -0.4 is 10.2 Å². The first-order chi connectivity index (χ1) is 10.1. The van der Waals surface area contributed by atoms with Crippen LogP contribution in [0.2, 0.25) is 0 Å². The molecular formula is C16H25N3O2. The van der Waals surface area contributed by atoms with Crippen LogP contribution in [0.5, 0.6) is 0 Å². The van der Waals surface area contributed by atoms with Crippen LogP contribution in [-0.4, -0.2) is 31.1 Å². The van der Waals surface area contributed by atoms with E-state index in [1.54, 1.807) is 6.07 Å². The van der Waals surface area contributed by atoms with Crippen molar-refractivity contribution in [1.29, 1.82) is 0 Å². The standard InChI is InChI=1S/C16H25N3O2/c1-3-10-18(12-14-6-8-17-9-7-14)15-5-4-13(2)11-16(15)19(20)21/h4-5,11,14,17H,3,6-10,12H2,1-2H3. The quantitative estimate of drug-likeness (QED) is 0.646. The minimum absolute atomic E-state index is 0.234. The van der Waals surface area contributed by atoms with Crippen LogP contribution in [0.25, 0.3) is 0 Å². The Balaban J connectivity index is 2.22. The van der Waals surface area contributed by atoms with E-state index < -0.39 is 0 Å². The molecule has 1 aliphatic rings. The summed E-state index contributed by atoms with van der Waals surface area (Å²) in [6.45, 7) is 7.91. The number of hydrogen-bond donors (Lipinski definition) is 1. The van der Waals surface area contributed by atoms with Crippen LogP contribution in [0, 0.1) is 23.0 Å². The molecule has 21 heavy (non-hydrogen) atoms. The van der Waals surface area contributed by atoms with Crippen molar-refractivity contribution in [1.82, 2.24) is 5.32 Å². The van der Waals surface area contributed by atoms with Crippen LogP contribution in [0.1, 0.15) is 31.7 Å². The molecule has 0 amide bonds. The average molecular weight is 291 g/mol. The Morgan fingerprint density at radius 3 is 2.71 bits per heavy atom. The molecule has 5 heteroatoms. The molecule has 1 aromatic rings. The van der Waals surface area contributed by atoms with E-state index in [1.165, 1.54) is 0 Å². The molecule has 1 fully saturated rings. The molecule has 0 bridgehead atoms. The van der Waals surface area contributed by atoms with Crippen LogP contribution >= 0.6 is 0 Å². The van der Waals surface area contributed by atoms with Gasteiger partial charge in [0, 0.05) is 19.2 Å². The molecule has 1 aliphatic heterocycles. The fraction of sp³-hybridized carbons (Fsp3) is 0.625. The van der Waals surface area contributed by atoms with Crippen molar-refractivity contribution < 1.29 is 4.92 Å². The normalized spacial score (nSPS) is 15.9. The minimum atomic E-state index is -0.257. The summed E-state index contributed by atoms with van der Waals surface area (Å²) in [5.74, 6) is 0.624. The first kappa shape index (κ1) is 15.8. The lowest BCUT2D eigenvalue weighted by Crippen LogP contribution is -2.36. The highest BCUT2D eigenvalue weighted by Gasteiger charge is 2.22. The van der Waals surface area contributed by atoms with E-state index in [0.29, 0.717) is 5.92 Å². The van der Waals surface area contributed by atoms with E-state index in [-0.39, 0.29) is 10.6 Å². The van der Waals surface area contributed by atoms with Gasteiger partial charge >= 0.3 is 0 Å². The van der Waals surface area contributed by atoms with Crippen LogP contribution in [0.4, 0.5) is 11.4 Å². The Kier molecular flexibility index (Phi) is 5.56.